The highest BCUT2D eigenvalue weighted by molar-refractivity contribution is 8.04. The van der Waals surface area contributed by atoms with E-state index in [1.165, 1.54) is 32.1 Å². The third-order valence-electron chi connectivity index (χ3n) is 7.39. The van der Waals surface area contributed by atoms with Gasteiger partial charge in [-0.2, -0.15) is 0 Å². The maximum absolute atomic E-state index is 10.2. The van der Waals surface area contributed by atoms with Gasteiger partial charge in [0.05, 0.1) is 11.4 Å². The highest BCUT2D eigenvalue weighted by Gasteiger charge is 2.36. The molecule has 0 aromatic heterocycles. The molecule has 0 bridgehead atoms. The standard InChI is InChI=1S/C24H50N4O2P2S2/c1-7-24(8-2,32(34)28(6)26-18-20-12-10-9-11-13-20)30-22-16-14-21(15-17-22)19-25-27(5)31(33)23(3,4)29/h14,16,20-22,25-26,29,31-32H,7-13,15,17-19H2,1-6H3/t21-,22+/m0/s1. The normalized spacial score (nSPS) is 24.6. The zero-order chi connectivity index (χ0) is 25.4. The predicted molar refractivity (Wildman–Crippen MR) is 156 cm³/mol. The number of aliphatic hydroxyl groups is 1. The Morgan fingerprint density at radius 3 is 2.03 bits per heavy atom. The van der Waals surface area contributed by atoms with Gasteiger partial charge in [-0.15, -0.1) is 0 Å². The minimum absolute atomic E-state index is 0.124. The Bertz CT molecular complexity index is 695. The van der Waals surface area contributed by atoms with E-state index in [9.17, 15) is 5.11 Å². The summed E-state index contributed by atoms with van der Waals surface area (Å²) in [5.41, 5.74) is 7.07. The molecule has 2 aliphatic carbocycles. The Balaban J connectivity index is 1.88. The number of rotatable bonds is 14. The maximum Gasteiger partial charge on any atom is 0.108 e. The molecule has 6 nitrogen and oxygen atoms in total. The molecule has 0 saturated heterocycles. The van der Waals surface area contributed by atoms with Crippen LogP contribution >= 0.6 is 13.7 Å². The topological polar surface area (TPSA) is 60.0 Å². The van der Waals surface area contributed by atoms with Crippen LogP contribution in [0.5, 0.6) is 0 Å². The zero-order valence-electron chi connectivity index (χ0n) is 22.2. The second-order valence-electron chi connectivity index (χ2n) is 10.6. The van der Waals surface area contributed by atoms with Crippen LogP contribution in [0.3, 0.4) is 0 Å². The molecule has 0 aliphatic heterocycles. The Morgan fingerprint density at radius 1 is 0.912 bits per heavy atom. The van der Waals surface area contributed by atoms with Crippen LogP contribution in [0.2, 0.25) is 0 Å². The summed E-state index contributed by atoms with van der Waals surface area (Å²) in [5.74, 6) is 1.23. The van der Waals surface area contributed by atoms with Crippen molar-refractivity contribution in [1.82, 2.24) is 20.4 Å². The Labute approximate surface area is 220 Å². The van der Waals surface area contributed by atoms with E-state index in [0.29, 0.717) is 5.92 Å². The van der Waals surface area contributed by atoms with E-state index in [4.69, 9.17) is 28.4 Å². The molecule has 0 heterocycles. The van der Waals surface area contributed by atoms with Gasteiger partial charge in [-0.05, 0) is 64.2 Å². The van der Waals surface area contributed by atoms with Gasteiger partial charge in [-0.1, -0.05) is 68.9 Å². The van der Waals surface area contributed by atoms with Gasteiger partial charge in [0.1, 0.15) is 5.34 Å². The van der Waals surface area contributed by atoms with Crippen LogP contribution < -0.4 is 10.9 Å². The van der Waals surface area contributed by atoms with Gasteiger partial charge >= 0.3 is 0 Å². The first-order chi connectivity index (χ1) is 16.0. The van der Waals surface area contributed by atoms with Crippen molar-refractivity contribution in [3.05, 3.63) is 12.2 Å². The lowest BCUT2D eigenvalue weighted by Crippen LogP contribution is -2.41. The summed E-state index contributed by atoms with van der Waals surface area (Å²) in [5, 5.41) is 9.11. The summed E-state index contributed by atoms with van der Waals surface area (Å²) in [6, 6.07) is 0. The van der Waals surface area contributed by atoms with Crippen molar-refractivity contribution in [3.8, 4) is 0 Å². The van der Waals surface area contributed by atoms with E-state index < -0.39 is 19.0 Å². The highest BCUT2D eigenvalue weighted by atomic mass is 32.4. The van der Waals surface area contributed by atoms with E-state index in [1.807, 2.05) is 11.8 Å². The van der Waals surface area contributed by atoms with Gasteiger partial charge in [-0.3, -0.25) is 10.9 Å². The first-order valence-electron chi connectivity index (χ1n) is 13.1. The Morgan fingerprint density at radius 2 is 1.50 bits per heavy atom. The van der Waals surface area contributed by atoms with E-state index >= 15 is 0 Å². The van der Waals surface area contributed by atoms with Crippen LogP contribution in [0.1, 0.15) is 85.5 Å². The van der Waals surface area contributed by atoms with Crippen LogP contribution in [-0.2, 0) is 28.4 Å². The molecule has 2 rings (SSSR count). The second kappa shape index (κ2) is 14.7. The smallest absolute Gasteiger partial charge is 0.108 e. The zero-order valence-corrected chi connectivity index (χ0v) is 25.9. The fourth-order valence-electron chi connectivity index (χ4n) is 4.95. The van der Waals surface area contributed by atoms with E-state index in [1.54, 1.807) is 13.8 Å². The van der Waals surface area contributed by atoms with Crippen molar-refractivity contribution in [2.45, 2.75) is 102 Å². The first-order valence-corrected chi connectivity index (χ1v) is 18.3. The summed E-state index contributed by atoms with van der Waals surface area (Å²) in [6.07, 6.45) is 15.4. The quantitative estimate of drug-likeness (QED) is 0.154. The largest absolute Gasteiger partial charge is 0.384 e. The lowest BCUT2D eigenvalue weighted by atomic mass is 9.89. The molecule has 10 heteroatoms. The molecule has 0 aromatic carbocycles. The number of hydrogen-bond acceptors (Lipinski definition) is 6. The first kappa shape index (κ1) is 31.0. The summed E-state index contributed by atoms with van der Waals surface area (Å²) < 4.78 is 11.0. The summed E-state index contributed by atoms with van der Waals surface area (Å²) in [7, 11) is 4.07. The van der Waals surface area contributed by atoms with Gasteiger partial charge in [-0.25, -0.2) is 9.56 Å². The lowest BCUT2D eigenvalue weighted by Gasteiger charge is -2.41. The molecule has 1 fully saturated rings. The number of nitrogens with zero attached hydrogens (tertiary/aromatic N) is 2. The summed E-state index contributed by atoms with van der Waals surface area (Å²) >= 11 is 11.7. The molecule has 2 aliphatic rings. The van der Waals surface area contributed by atoms with Crippen molar-refractivity contribution in [2.75, 3.05) is 27.2 Å². The lowest BCUT2D eigenvalue weighted by molar-refractivity contribution is -0.0301. The molecule has 0 radical (unpaired) electrons. The van der Waals surface area contributed by atoms with E-state index in [-0.39, 0.29) is 11.4 Å². The molecule has 0 spiro atoms. The molecule has 4 atom stereocenters. The minimum atomic E-state index is -1.46. The molecule has 3 N–H and O–H groups in total. The van der Waals surface area contributed by atoms with Crippen LogP contribution in [-0.4, -0.2) is 58.6 Å². The molecule has 2 unspecified atom stereocenters. The van der Waals surface area contributed by atoms with Crippen LogP contribution in [0.15, 0.2) is 12.2 Å². The third kappa shape index (κ3) is 9.28. The average molecular weight is 553 g/mol. The van der Waals surface area contributed by atoms with E-state index in [0.717, 1.165) is 44.7 Å². The van der Waals surface area contributed by atoms with Crippen LogP contribution in [0, 0.1) is 11.8 Å². The summed E-state index contributed by atoms with van der Waals surface area (Å²) in [4.78, 5) is 0. The predicted octanol–water partition coefficient (Wildman–Crippen LogP) is 5.22. The van der Waals surface area contributed by atoms with Gasteiger partial charge < -0.3 is 9.84 Å². The van der Waals surface area contributed by atoms with Crippen molar-refractivity contribution in [1.29, 1.82) is 0 Å². The highest BCUT2D eigenvalue weighted by Crippen LogP contribution is 2.48. The van der Waals surface area contributed by atoms with E-state index in [2.05, 4.69) is 48.7 Å². The monoisotopic (exact) mass is 552 g/mol. The van der Waals surface area contributed by atoms with Crippen molar-refractivity contribution < 1.29 is 9.84 Å². The van der Waals surface area contributed by atoms with Crippen LogP contribution in [0.4, 0.5) is 0 Å². The molecular formula is C24H50N4O2P2S2. The second-order valence-corrected chi connectivity index (χ2v) is 17.6. The average Bonchev–Trinajstić information content (AvgIpc) is 2.84. The Hall–Kier alpha value is 0.800. The molecular weight excluding hydrogens is 502 g/mol. The van der Waals surface area contributed by atoms with Gasteiger partial charge in [0, 0.05) is 40.9 Å². The fourth-order valence-corrected chi connectivity index (χ4v) is 9.11. The molecule has 34 heavy (non-hydrogen) atoms. The molecule has 1 saturated carbocycles. The molecule has 200 valence electrons. The molecule has 0 amide bonds. The fraction of sp³-hybridized carbons (Fsp3) is 0.917. The maximum atomic E-state index is 10.2. The number of hydrazine groups is 2. The molecule has 0 aromatic rings. The van der Waals surface area contributed by atoms with Gasteiger partial charge in [0.15, 0.2) is 0 Å². The number of hydrogen-bond donors (Lipinski definition) is 3. The van der Waals surface area contributed by atoms with Crippen molar-refractivity contribution in [2.24, 2.45) is 11.8 Å². The number of nitrogens with one attached hydrogen (secondary N) is 2. The third-order valence-corrected chi connectivity index (χ3v) is 15.8. The van der Waals surface area contributed by atoms with Crippen molar-refractivity contribution >= 4 is 37.3 Å². The SMILES string of the molecule is CCC(CC)(O[C@@H]1C=C[C@H](CNN(C)[PH](=S)C(C)(C)O)CC1)[PH](=S)N(C)NCC1CCCCC1. The van der Waals surface area contributed by atoms with Crippen LogP contribution in [0.25, 0.3) is 0 Å². The Kier molecular flexibility index (Phi) is 13.4. The number of ether oxygens (including phenoxy) is 1. The van der Waals surface area contributed by atoms with Crippen molar-refractivity contribution in [3.63, 3.8) is 0 Å². The van der Waals surface area contributed by atoms with Gasteiger partial charge in [0.2, 0.25) is 0 Å². The van der Waals surface area contributed by atoms with Gasteiger partial charge in [0.25, 0.3) is 0 Å². The minimum Gasteiger partial charge on any atom is -0.384 e. The summed E-state index contributed by atoms with van der Waals surface area (Å²) in [6.45, 7) is 7.12.